The summed E-state index contributed by atoms with van der Waals surface area (Å²) < 4.78 is 17.7. The van der Waals surface area contributed by atoms with E-state index in [4.69, 9.17) is 8.83 Å². The average molecular weight is 665 g/mol. The molecule has 0 atom stereocenters. The molecule has 8 aromatic carbocycles. The lowest BCUT2D eigenvalue weighted by Crippen LogP contribution is -1.94. The molecule has 0 fully saturated rings. The maximum Gasteiger partial charge on any atom is 0.147 e. The van der Waals surface area contributed by atoms with Gasteiger partial charge in [0.05, 0.1) is 38.5 Å². The lowest BCUT2D eigenvalue weighted by Gasteiger charge is -2.10. The van der Waals surface area contributed by atoms with Crippen molar-refractivity contribution in [2.45, 2.75) is 0 Å². The molecule has 0 bridgehead atoms. The van der Waals surface area contributed by atoms with E-state index in [0.717, 1.165) is 60.6 Å². The zero-order valence-electron chi connectivity index (χ0n) is 27.9. The third kappa shape index (κ3) is 3.70. The fraction of sp³-hybridized carbons (Fsp3) is 0. The standard InChI is InChI=1S/C48H28N2O2/c1-2-11-31(12-3-1)49-38-16-7-4-13-32(38)36-27-29(21-24-40(36)49)30-22-25-41-37(28-30)33-14-5-8-17-39(33)50(41)42-18-10-20-44-46(42)35-23-26-45-47(48(35)52-44)34-15-6-9-19-43(34)51-45/h1-28H. The number of benzene rings is 8. The molecule has 0 aliphatic rings. The minimum atomic E-state index is 0.835. The number of furan rings is 2. The van der Waals surface area contributed by atoms with Gasteiger partial charge in [0.15, 0.2) is 0 Å². The Morgan fingerprint density at radius 2 is 0.904 bits per heavy atom. The molecule has 0 radical (unpaired) electrons. The van der Waals surface area contributed by atoms with Crippen LogP contribution in [0, 0.1) is 0 Å². The fourth-order valence-electron chi connectivity index (χ4n) is 8.68. The van der Waals surface area contributed by atoms with E-state index in [9.17, 15) is 0 Å². The van der Waals surface area contributed by atoms with E-state index in [1.54, 1.807) is 0 Å². The summed E-state index contributed by atoms with van der Waals surface area (Å²) in [5.41, 5.74) is 12.8. The Morgan fingerprint density at radius 1 is 0.327 bits per heavy atom. The Morgan fingerprint density at radius 3 is 1.65 bits per heavy atom. The highest BCUT2D eigenvalue weighted by molar-refractivity contribution is 6.24. The zero-order chi connectivity index (χ0) is 33.9. The summed E-state index contributed by atoms with van der Waals surface area (Å²) in [6, 6.07) is 60.7. The van der Waals surface area contributed by atoms with Crippen molar-refractivity contribution < 1.29 is 8.83 Å². The second-order valence-electron chi connectivity index (χ2n) is 13.7. The van der Waals surface area contributed by atoms with Crippen molar-refractivity contribution in [1.82, 2.24) is 9.13 Å². The van der Waals surface area contributed by atoms with E-state index in [-0.39, 0.29) is 0 Å². The van der Waals surface area contributed by atoms with Crippen LogP contribution in [0.5, 0.6) is 0 Å². The molecule has 4 aromatic heterocycles. The first-order valence-electron chi connectivity index (χ1n) is 17.7. The Labute approximate surface area is 296 Å². The van der Waals surface area contributed by atoms with E-state index in [0.29, 0.717) is 0 Å². The Hall–Kier alpha value is -7.04. The van der Waals surface area contributed by atoms with Gasteiger partial charge in [0.2, 0.25) is 0 Å². The van der Waals surface area contributed by atoms with Crippen molar-refractivity contribution >= 4 is 87.5 Å². The van der Waals surface area contributed by atoms with Gasteiger partial charge in [-0.25, -0.2) is 0 Å². The number of fused-ring (bicyclic) bond motifs is 13. The summed E-state index contributed by atoms with van der Waals surface area (Å²) in [5, 5.41) is 9.19. The van der Waals surface area contributed by atoms with E-state index >= 15 is 0 Å². The summed E-state index contributed by atoms with van der Waals surface area (Å²) in [5.74, 6) is 0. The Balaban J connectivity index is 1.08. The monoisotopic (exact) mass is 664 g/mol. The van der Waals surface area contributed by atoms with Gasteiger partial charge in [0.1, 0.15) is 22.3 Å². The minimum Gasteiger partial charge on any atom is -0.456 e. The van der Waals surface area contributed by atoms with Crippen molar-refractivity contribution in [2.24, 2.45) is 0 Å². The maximum absolute atomic E-state index is 6.69. The molecular weight excluding hydrogens is 637 g/mol. The molecule has 0 spiro atoms. The fourth-order valence-corrected chi connectivity index (χ4v) is 8.68. The van der Waals surface area contributed by atoms with Crippen LogP contribution >= 0.6 is 0 Å². The van der Waals surface area contributed by atoms with Crippen molar-refractivity contribution in [2.75, 3.05) is 0 Å². The molecule has 0 aliphatic carbocycles. The minimum absolute atomic E-state index is 0.835. The predicted octanol–water partition coefficient (Wildman–Crippen LogP) is 13.3. The topological polar surface area (TPSA) is 36.1 Å². The van der Waals surface area contributed by atoms with E-state index in [2.05, 4.69) is 167 Å². The molecule has 4 heteroatoms. The molecule has 0 N–H and O–H groups in total. The van der Waals surface area contributed by atoms with Crippen LogP contribution in [-0.4, -0.2) is 9.13 Å². The molecule has 4 heterocycles. The number of aromatic nitrogens is 2. The third-order valence-electron chi connectivity index (χ3n) is 10.9. The van der Waals surface area contributed by atoms with Gasteiger partial charge < -0.3 is 18.0 Å². The van der Waals surface area contributed by atoms with Crippen LogP contribution in [0.3, 0.4) is 0 Å². The molecule has 0 saturated carbocycles. The second kappa shape index (κ2) is 10.3. The van der Waals surface area contributed by atoms with Crippen LogP contribution in [0.1, 0.15) is 0 Å². The van der Waals surface area contributed by atoms with Crippen molar-refractivity contribution in [3.8, 4) is 22.5 Å². The van der Waals surface area contributed by atoms with Crippen molar-refractivity contribution in [3.05, 3.63) is 170 Å². The molecule has 0 aliphatic heterocycles. The quantitative estimate of drug-likeness (QED) is 0.188. The van der Waals surface area contributed by atoms with E-state index in [1.165, 1.54) is 49.4 Å². The van der Waals surface area contributed by atoms with Gasteiger partial charge in [0.25, 0.3) is 0 Å². The van der Waals surface area contributed by atoms with E-state index < -0.39 is 0 Å². The second-order valence-corrected chi connectivity index (χ2v) is 13.7. The highest BCUT2D eigenvalue weighted by Gasteiger charge is 2.21. The summed E-state index contributed by atoms with van der Waals surface area (Å²) in [6.45, 7) is 0. The van der Waals surface area contributed by atoms with Crippen LogP contribution in [0.4, 0.5) is 0 Å². The molecule has 0 unspecified atom stereocenters. The number of para-hydroxylation sites is 4. The molecule has 52 heavy (non-hydrogen) atoms. The summed E-state index contributed by atoms with van der Waals surface area (Å²) >= 11 is 0. The largest absolute Gasteiger partial charge is 0.456 e. The normalized spacial score (nSPS) is 12.2. The average Bonchev–Trinajstić information content (AvgIpc) is 3.95. The number of nitrogens with zero attached hydrogens (tertiary/aromatic N) is 2. The van der Waals surface area contributed by atoms with E-state index in [1.807, 2.05) is 12.1 Å². The molecule has 242 valence electrons. The molecule has 4 nitrogen and oxygen atoms in total. The Kier molecular flexibility index (Phi) is 5.47. The molecule has 12 rings (SSSR count). The first kappa shape index (κ1) is 27.7. The summed E-state index contributed by atoms with van der Waals surface area (Å²) in [7, 11) is 0. The van der Waals surface area contributed by atoms with Gasteiger partial charge >= 0.3 is 0 Å². The predicted molar refractivity (Wildman–Crippen MR) is 215 cm³/mol. The van der Waals surface area contributed by atoms with Crippen LogP contribution in [-0.2, 0) is 0 Å². The molecule has 12 aromatic rings. The van der Waals surface area contributed by atoms with Crippen molar-refractivity contribution in [1.29, 1.82) is 0 Å². The smallest absolute Gasteiger partial charge is 0.147 e. The molecule has 0 saturated heterocycles. The number of hydrogen-bond donors (Lipinski definition) is 0. The van der Waals surface area contributed by atoms with Crippen molar-refractivity contribution in [3.63, 3.8) is 0 Å². The number of hydrogen-bond acceptors (Lipinski definition) is 2. The molecule has 0 amide bonds. The highest BCUT2D eigenvalue weighted by Crippen LogP contribution is 2.44. The number of rotatable bonds is 3. The Bertz CT molecular complexity index is 3410. The van der Waals surface area contributed by atoms with Crippen LogP contribution in [0.15, 0.2) is 179 Å². The maximum atomic E-state index is 6.69. The SMILES string of the molecule is c1ccc(-n2c3ccccc3c3cc(-c4ccc5c(c4)c4ccccc4n5-c4cccc5oc6c(ccc7oc8ccccc8c76)c45)ccc32)cc1. The van der Waals surface area contributed by atoms with Gasteiger partial charge in [-0.15, -0.1) is 0 Å². The third-order valence-corrected chi connectivity index (χ3v) is 10.9. The van der Waals surface area contributed by atoms with Gasteiger partial charge in [-0.2, -0.15) is 0 Å². The van der Waals surface area contributed by atoms with Gasteiger partial charge in [-0.3, -0.25) is 0 Å². The van der Waals surface area contributed by atoms with Crippen LogP contribution < -0.4 is 0 Å². The lowest BCUT2D eigenvalue weighted by molar-refractivity contribution is 0.663. The summed E-state index contributed by atoms with van der Waals surface area (Å²) in [4.78, 5) is 0. The molecular formula is C48H28N2O2. The summed E-state index contributed by atoms with van der Waals surface area (Å²) in [6.07, 6.45) is 0. The first-order chi connectivity index (χ1) is 25.8. The van der Waals surface area contributed by atoms with Gasteiger partial charge in [-0.1, -0.05) is 91.0 Å². The van der Waals surface area contributed by atoms with Crippen LogP contribution in [0.2, 0.25) is 0 Å². The first-order valence-corrected chi connectivity index (χ1v) is 17.7. The highest BCUT2D eigenvalue weighted by atomic mass is 16.3. The lowest BCUT2D eigenvalue weighted by atomic mass is 10.0. The zero-order valence-corrected chi connectivity index (χ0v) is 27.9. The van der Waals surface area contributed by atoms with Gasteiger partial charge in [-0.05, 0) is 90.0 Å². The van der Waals surface area contributed by atoms with Crippen LogP contribution in [0.25, 0.3) is 110 Å². The van der Waals surface area contributed by atoms with Gasteiger partial charge in [0, 0.05) is 38.0 Å².